The molecule has 0 saturated carbocycles. The van der Waals surface area contributed by atoms with Gasteiger partial charge in [0.05, 0.1) is 27.8 Å². The van der Waals surface area contributed by atoms with Crippen LogP contribution in [0, 0.1) is 71.0 Å². The summed E-state index contributed by atoms with van der Waals surface area (Å²) in [6.07, 6.45) is 0. The minimum atomic E-state index is -1.33. The maximum Gasteiger partial charge on any atom is 0.335 e. The Bertz CT molecular complexity index is 2310. The largest absolute Gasteiger partial charge is 0.508 e. The highest BCUT2D eigenvalue weighted by Crippen LogP contribution is 2.16. The molecule has 0 heterocycles. The van der Waals surface area contributed by atoms with Crippen molar-refractivity contribution in [1.29, 1.82) is 0 Å². The van der Waals surface area contributed by atoms with Gasteiger partial charge in [0.1, 0.15) is 5.76 Å². The topological polar surface area (TPSA) is 207 Å². The number of aliphatic hydroxyl groups is 1. The van der Waals surface area contributed by atoms with Crippen molar-refractivity contribution in [1.82, 2.24) is 0 Å². The Labute approximate surface area is 306 Å². The molecule has 0 aliphatic rings. The first-order valence-corrected chi connectivity index (χ1v) is 14.9. The predicted octanol–water partition coefficient (Wildman–Crippen LogP) is 4.92. The molecule has 0 bridgehead atoms. The highest BCUT2D eigenvalue weighted by molar-refractivity contribution is 5.95. The summed E-state index contributed by atoms with van der Waals surface area (Å²) in [5, 5.41) is 56.3. The third kappa shape index (κ3) is 10.8. The summed E-state index contributed by atoms with van der Waals surface area (Å²) < 4.78 is 0. The van der Waals surface area contributed by atoms with E-state index in [1.165, 1.54) is 42.5 Å². The van der Waals surface area contributed by atoms with E-state index in [0.29, 0.717) is 16.7 Å². The van der Waals surface area contributed by atoms with Gasteiger partial charge < -0.3 is 30.6 Å². The van der Waals surface area contributed by atoms with Crippen molar-refractivity contribution >= 4 is 35.6 Å². The van der Waals surface area contributed by atoms with E-state index in [1.54, 1.807) is 18.2 Å². The van der Waals surface area contributed by atoms with Crippen molar-refractivity contribution in [2.45, 2.75) is 0 Å². The molecule has 0 unspecified atom stereocenters. The fourth-order valence-corrected chi connectivity index (χ4v) is 4.35. The van der Waals surface area contributed by atoms with Crippen LogP contribution in [0.3, 0.4) is 0 Å². The molecule has 0 aliphatic carbocycles. The predicted molar refractivity (Wildman–Crippen MR) is 193 cm³/mol. The molecule has 0 fully saturated rings. The first kappa shape index (κ1) is 37.9. The summed E-state index contributed by atoms with van der Waals surface area (Å²) in [4.78, 5) is 57.1. The van der Waals surface area contributed by atoms with Crippen LogP contribution in [-0.2, 0) is 0 Å². The fraction of sp³-hybridized carbons (Fsp3) is 0. The van der Waals surface area contributed by atoms with Gasteiger partial charge in [0.25, 0.3) is 0 Å². The maximum atomic E-state index is 11.5. The van der Waals surface area contributed by atoms with Gasteiger partial charge in [-0.25, -0.2) is 24.0 Å². The number of carbonyl (C=O) groups is 5. The van der Waals surface area contributed by atoms with Crippen LogP contribution in [0.4, 0.5) is 0 Å². The zero-order chi connectivity index (χ0) is 39.4. The number of benzene rings is 4. The smallest absolute Gasteiger partial charge is 0.335 e. The number of rotatable bonds is 6. The molecule has 11 heteroatoms. The Hall–Kier alpha value is -8.87. The highest BCUT2D eigenvalue weighted by Gasteiger charge is 2.12. The summed E-state index contributed by atoms with van der Waals surface area (Å²) in [6.45, 7) is 3.40. The minimum absolute atomic E-state index is 0.110. The molecule has 0 aliphatic heterocycles. The quantitative estimate of drug-likeness (QED) is 0.117. The molecule has 0 radical (unpaired) electrons. The normalized spacial score (nSPS) is 9.11. The second-order valence-electron chi connectivity index (χ2n) is 10.7. The number of carboxylic acids is 5. The molecule has 0 spiro atoms. The Kier molecular flexibility index (Phi) is 12.1. The van der Waals surface area contributed by atoms with E-state index < -0.39 is 29.8 Å². The van der Waals surface area contributed by atoms with Crippen molar-refractivity contribution in [3.05, 3.63) is 146 Å². The van der Waals surface area contributed by atoms with E-state index in [-0.39, 0.29) is 55.8 Å². The Morgan fingerprint density at radius 1 is 0.315 bits per heavy atom. The minimum Gasteiger partial charge on any atom is -0.508 e. The molecule has 0 aromatic heterocycles. The molecule has 0 amide bonds. The number of aliphatic hydroxyl groups excluding tert-OH is 1. The van der Waals surface area contributed by atoms with Crippen molar-refractivity contribution in [3.63, 3.8) is 0 Å². The molecule has 6 N–H and O–H groups in total. The molecule has 4 rings (SSSR count). The summed E-state index contributed by atoms with van der Waals surface area (Å²) in [5.74, 6) is 25.1. The van der Waals surface area contributed by atoms with Gasteiger partial charge in [0, 0.05) is 38.9 Å². The van der Waals surface area contributed by atoms with Crippen LogP contribution in [-0.4, -0.2) is 60.5 Å². The van der Waals surface area contributed by atoms with Crippen molar-refractivity contribution in [2.75, 3.05) is 0 Å². The summed E-state index contributed by atoms with van der Waals surface area (Å²) >= 11 is 0. The van der Waals surface area contributed by atoms with Crippen molar-refractivity contribution in [2.24, 2.45) is 0 Å². The van der Waals surface area contributed by atoms with Crippen LogP contribution >= 0.6 is 0 Å². The van der Waals surface area contributed by atoms with Crippen LogP contribution < -0.4 is 0 Å². The van der Waals surface area contributed by atoms with Crippen LogP contribution in [0.15, 0.2) is 79.4 Å². The first-order valence-electron chi connectivity index (χ1n) is 14.9. The molecule has 258 valence electrons. The lowest BCUT2D eigenvalue weighted by atomic mass is 10.0. The van der Waals surface area contributed by atoms with Gasteiger partial charge in [-0.15, -0.1) is 0 Å². The molecule has 0 saturated heterocycles. The van der Waals surface area contributed by atoms with Gasteiger partial charge in [-0.3, -0.25) is 0 Å². The monoisotopic (exact) mass is 712 g/mol. The van der Waals surface area contributed by atoms with Crippen molar-refractivity contribution < 1.29 is 54.6 Å². The summed E-state index contributed by atoms with van der Waals surface area (Å²) in [5.41, 5.74) is 0.583. The average molecular weight is 713 g/mol. The van der Waals surface area contributed by atoms with Crippen LogP contribution in [0.25, 0.3) is 5.76 Å². The molecule has 4 aromatic rings. The van der Waals surface area contributed by atoms with Crippen LogP contribution in [0.1, 0.15) is 90.7 Å². The van der Waals surface area contributed by atoms with E-state index in [4.69, 9.17) is 0 Å². The molecule has 4 aromatic carbocycles. The van der Waals surface area contributed by atoms with E-state index in [1.807, 2.05) is 0 Å². The lowest BCUT2D eigenvalue weighted by molar-refractivity contribution is 0.0676. The summed E-state index contributed by atoms with van der Waals surface area (Å²) in [7, 11) is 0. The van der Waals surface area contributed by atoms with E-state index in [2.05, 4.69) is 77.6 Å². The zero-order valence-corrected chi connectivity index (χ0v) is 27.4. The molecular formula is C43H20O11. The molecular weight excluding hydrogens is 692 g/mol. The van der Waals surface area contributed by atoms with Gasteiger partial charge in [-0.05, 0) is 108 Å². The third-order valence-corrected chi connectivity index (χ3v) is 6.73. The zero-order valence-electron chi connectivity index (χ0n) is 27.4. The maximum absolute atomic E-state index is 11.5. The van der Waals surface area contributed by atoms with Crippen LogP contribution in [0.2, 0.25) is 0 Å². The van der Waals surface area contributed by atoms with E-state index in [9.17, 15) is 54.6 Å². The third-order valence-electron chi connectivity index (χ3n) is 6.73. The van der Waals surface area contributed by atoms with Gasteiger partial charge in [0.2, 0.25) is 0 Å². The van der Waals surface area contributed by atoms with Gasteiger partial charge in [-0.1, -0.05) is 42.1 Å². The Morgan fingerprint density at radius 2 is 0.500 bits per heavy atom. The van der Waals surface area contributed by atoms with Gasteiger partial charge >= 0.3 is 29.8 Å². The number of hydrogen-bond acceptors (Lipinski definition) is 6. The first-order chi connectivity index (χ1) is 25.7. The van der Waals surface area contributed by atoms with Crippen LogP contribution in [0.5, 0.6) is 0 Å². The molecule has 0 atom stereocenters. The lowest BCUT2D eigenvalue weighted by Gasteiger charge is -2.02. The van der Waals surface area contributed by atoms with Crippen molar-refractivity contribution in [3.8, 4) is 71.0 Å². The average Bonchev–Trinajstić information content (AvgIpc) is 3.13. The fourth-order valence-electron chi connectivity index (χ4n) is 4.35. The second kappa shape index (κ2) is 17.2. The lowest BCUT2D eigenvalue weighted by Crippen LogP contribution is -2.03. The Morgan fingerprint density at radius 3 is 0.704 bits per heavy atom. The standard InChI is InChI=1S/C43H20O11/c1-26(44)33-17-30(18-34(23-33)39(45)46)11-5-2-8-27-14-28(9-3-6-12-31-19-35(40(47)48)24-36(20-31)41(49)50)16-29(15-27)10-4-7-13-32-21-37(42(51)52)25-38(22-32)43(53)54/h14-25,44H,1H2,(H,45,46)(H,47,48)(H,49,50)(H,51,52)(H,53,54). The van der Waals surface area contributed by atoms with E-state index >= 15 is 0 Å². The molecule has 11 nitrogen and oxygen atoms in total. The SMILES string of the molecule is C=C(O)c1cc(C#CC#Cc2cc(C#CC#Cc3cc(C(=O)O)cc(C(=O)O)c3)cc(C#CC#Cc3cc(C(=O)O)cc(C(=O)O)c3)c2)cc(C(=O)O)c1. The number of hydrogen-bond donors (Lipinski definition) is 6. The Balaban J connectivity index is 1.73. The highest BCUT2D eigenvalue weighted by atomic mass is 16.4. The number of carboxylic acid groups (broad SMARTS) is 5. The molecule has 54 heavy (non-hydrogen) atoms. The summed E-state index contributed by atoms with van der Waals surface area (Å²) in [6, 6.07) is 15.5. The second-order valence-corrected chi connectivity index (χ2v) is 10.7. The number of aromatic carboxylic acids is 5. The van der Waals surface area contributed by atoms with E-state index in [0.717, 1.165) is 12.1 Å². The van der Waals surface area contributed by atoms with Gasteiger partial charge in [0.15, 0.2) is 0 Å². The van der Waals surface area contributed by atoms with Gasteiger partial charge in [-0.2, -0.15) is 0 Å².